The Labute approximate surface area is 43.7 Å². The Kier molecular flexibility index (Phi) is 3.42. The van der Waals surface area contributed by atoms with Gasteiger partial charge in [-0.1, -0.05) is 6.58 Å². The summed E-state index contributed by atoms with van der Waals surface area (Å²) in [6.07, 6.45) is 0. The first-order valence-electron chi connectivity index (χ1n) is 2.02. The fourth-order valence-corrected chi connectivity index (χ4v) is 0.220. The van der Waals surface area contributed by atoms with E-state index < -0.39 is 0 Å². The number of ether oxygens (including phenoxy) is 2. The van der Waals surface area contributed by atoms with Gasteiger partial charge in [0.15, 0.2) is 0 Å². The van der Waals surface area contributed by atoms with Crippen LogP contribution < -0.4 is 0 Å². The first-order chi connectivity index (χ1) is 3.31. The van der Waals surface area contributed by atoms with E-state index in [1.54, 1.807) is 14.2 Å². The van der Waals surface area contributed by atoms with Gasteiger partial charge in [0.2, 0.25) is 0 Å². The van der Waals surface area contributed by atoms with Crippen LogP contribution in [0.1, 0.15) is 0 Å². The highest BCUT2D eigenvalue weighted by molar-refractivity contribution is 4.79. The van der Waals surface area contributed by atoms with Crippen molar-refractivity contribution in [3.05, 3.63) is 12.3 Å². The summed E-state index contributed by atoms with van der Waals surface area (Å²) in [7, 11) is 3.17. The van der Waals surface area contributed by atoms with Crippen LogP contribution in [0.4, 0.5) is 0 Å². The maximum atomic E-state index is 4.67. The molecule has 0 radical (unpaired) electrons. The molecule has 7 heavy (non-hydrogen) atoms. The van der Waals surface area contributed by atoms with Gasteiger partial charge in [0.25, 0.3) is 0 Å². The Morgan fingerprint density at radius 1 is 1.57 bits per heavy atom. The Morgan fingerprint density at radius 2 is 2.14 bits per heavy atom. The molecule has 0 N–H and O–H groups in total. The van der Waals surface area contributed by atoms with Crippen molar-refractivity contribution < 1.29 is 9.47 Å². The molecule has 0 amide bonds. The van der Waals surface area contributed by atoms with Gasteiger partial charge in [-0.25, -0.2) is 0 Å². The predicted molar refractivity (Wildman–Crippen MR) is 28.0 cm³/mol. The van der Waals surface area contributed by atoms with E-state index >= 15 is 0 Å². The van der Waals surface area contributed by atoms with E-state index in [0.717, 1.165) is 0 Å². The molecule has 0 aromatic carbocycles. The zero-order valence-corrected chi connectivity index (χ0v) is 4.73. The molecule has 0 saturated heterocycles. The number of hydrogen-bond acceptors (Lipinski definition) is 2. The van der Waals surface area contributed by atoms with Gasteiger partial charge in [-0.05, 0) is 0 Å². The van der Waals surface area contributed by atoms with Gasteiger partial charge in [-0.3, -0.25) is 0 Å². The van der Waals surface area contributed by atoms with Crippen LogP contribution in [-0.2, 0) is 9.47 Å². The molecular weight excluding hydrogens is 92.1 g/mol. The quantitative estimate of drug-likeness (QED) is 0.490. The highest BCUT2D eigenvalue weighted by atomic mass is 16.5. The van der Waals surface area contributed by atoms with Crippen LogP contribution in [-0.4, -0.2) is 20.8 Å². The SMILES string of the molecule is C=C(COC)OC. The Hall–Kier alpha value is -0.500. The van der Waals surface area contributed by atoms with Crippen LogP contribution in [0, 0.1) is 0 Å². The summed E-state index contributed by atoms with van der Waals surface area (Å²) in [5, 5.41) is 0. The van der Waals surface area contributed by atoms with E-state index in [-0.39, 0.29) is 0 Å². The van der Waals surface area contributed by atoms with Crippen LogP contribution in [0.15, 0.2) is 12.3 Å². The molecule has 0 aromatic rings. The maximum absolute atomic E-state index is 4.67. The van der Waals surface area contributed by atoms with Crippen molar-refractivity contribution in [2.24, 2.45) is 0 Å². The molecule has 0 saturated carbocycles. The van der Waals surface area contributed by atoms with E-state index in [0.29, 0.717) is 12.4 Å². The lowest BCUT2D eigenvalue weighted by atomic mass is 10.6. The Bertz CT molecular complexity index is 59.1. The predicted octanol–water partition coefficient (Wildman–Crippen LogP) is 0.793. The van der Waals surface area contributed by atoms with Crippen LogP contribution >= 0.6 is 0 Å². The van der Waals surface area contributed by atoms with Crippen LogP contribution in [0.2, 0.25) is 0 Å². The van der Waals surface area contributed by atoms with Crippen molar-refractivity contribution in [2.75, 3.05) is 20.8 Å². The van der Waals surface area contributed by atoms with Crippen LogP contribution in [0.25, 0.3) is 0 Å². The molecule has 0 aliphatic heterocycles. The largest absolute Gasteiger partial charge is 0.499 e. The van der Waals surface area contributed by atoms with E-state index in [4.69, 9.17) is 0 Å². The van der Waals surface area contributed by atoms with Crippen molar-refractivity contribution in [3.8, 4) is 0 Å². The molecule has 0 unspecified atom stereocenters. The third-order valence-electron chi connectivity index (χ3n) is 0.594. The summed E-state index contributed by atoms with van der Waals surface area (Å²) < 4.78 is 9.34. The standard InChI is InChI=1S/C5H10O2/c1-5(7-3)4-6-2/h1,4H2,2-3H3. The molecule has 2 heteroatoms. The fourth-order valence-electron chi connectivity index (χ4n) is 0.220. The molecule has 2 nitrogen and oxygen atoms in total. The number of methoxy groups -OCH3 is 2. The van der Waals surface area contributed by atoms with Gasteiger partial charge >= 0.3 is 0 Å². The van der Waals surface area contributed by atoms with E-state index in [1.165, 1.54) is 0 Å². The highest BCUT2D eigenvalue weighted by Crippen LogP contribution is 1.87. The average molecular weight is 102 g/mol. The van der Waals surface area contributed by atoms with Crippen LogP contribution in [0.5, 0.6) is 0 Å². The Morgan fingerprint density at radius 3 is 2.29 bits per heavy atom. The topological polar surface area (TPSA) is 18.5 Å². The zero-order valence-electron chi connectivity index (χ0n) is 4.73. The number of hydrogen-bond donors (Lipinski definition) is 0. The molecule has 0 aliphatic carbocycles. The van der Waals surface area contributed by atoms with E-state index in [1.807, 2.05) is 0 Å². The second-order valence-corrected chi connectivity index (χ2v) is 1.18. The fraction of sp³-hybridized carbons (Fsp3) is 0.600. The minimum absolute atomic E-state index is 0.483. The van der Waals surface area contributed by atoms with E-state index in [2.05, 4.69) is 16.1 Å². The van der Waals surface area contributed by atoms with Gasteiger partial charge in [0, 0.05) is 7.11 Å². The van der Waals surface area contributed by atoms with E-state index in [9.17, 15) is 0 Å². The molecule has 0 atom stereocenters. The second-order valence-electron chi connectivity index (χ2n) is 1.18. The summed E-state index contributed by atoms with van der Waals surface area (Å²) in [5.41, 5.74) is 0. The van der Waals surface area contributed by atoms with Gasteiger partial charge in [-0.15, -0.1) is 0 Å². The molecule has 0 aliphatic rings. The van der Waals surface area contributed by atoms with Gasteiger partial charge in [0.05, 0.1) is 7.11 Å². The van der Waals surface area contributed by atoms with Gasteiger partial charge < -0.3 is 9.47 Å². The first kappa shape index (κ1) is 6.50. The lowest BCUT2D eigenvalue weighted by Crippen LogP contribution is -1.93. The summed E-state index contributed by atoms with van der Waals surface area (Å²) in [6, 6.07) is 0. The molecular formula is C5H10O2. The third kappa shape index (κ3) is 3.33. The summed E-state index contributed by atoms with van der Waals surface area (Å²) in [6.45, 7) is 4.00. The van der Waals surface area contributed by atoms with Crippen LogP contribution in [0.3, 0.4) is 0 Å². The molecule has 0 bridgehead atoms. The third-order valence-corrected chi connectivity index (χ3v) is 0.594. The smallest absolute Gasteiger partial charge is 0.114 e. The summed E-state index contributed by atoms with van der Waals surface area (Å²) >= 11 is 0. The van der Waals surface area contributed by atoms with Gasteiger partial charge in [0.1, 0.15) is 12.4 Å². The highest BCUT2D eigenvalue weighted by Gasteiger charge is 1.84. The normalized spacial score (nSPS) is 8.29. The van der Waals surface area contributed by atoms with Crippen molar-refractivity contribution >= 4 is 0 Å². The lowest BCUT2D eigenvalue weighted by molar-refractivity contribution is 0.160. The molecule has 0 heterocycles. The zero-order chi connectivity index (χ0) is 5.70. The molecule has 0 spiro atoms. The average Bonchev–Trinajstić information content (AvgIpc) is 1.68. The summed E-state index contributed by atoms with van der Waals surface area (Å²) in [5.74, 6) is 0.655. The van der Waals surface area contributed by atoms with Crippen molar-refractivity contribution in [1.29, 1.82) is 0 Å². The molecule has 0 aromatic heterocycles. The van der Waals surface area contributed by atoms with Gasteiger partial charge in [-0.2, -0.15) is 0 Å². The molecule has 42 valence electrons. The molecule has 0 rings (SSSR count). The Balaban J connectivity index is 3.00. The van der Waals surface area contributed by atoms with Crippen molar-refractivity contribution in [3.63, 3.8) is 0 Å². The minimum atomic E-state index is 0.483. The first-order valence-corrected chi connectivity index (χ1v) is 2.02. The van der Waals surface area contributed by atoms with Crippen molar-refractivity contribution in [1.82, 2.24) is 0 Å². The monoisotopic (exact) mass is 102 g/mol. The lowest BCUT2D eigenvalue weighted by Gasteiger charge is -1.98. The summed E-state index contributed by atoms with van der Waals surface area (Å²) in [4.78, 5) is 0. The number of rotatable bonds is 3. The minimum Gasteiger partial charge on any atom is -0.499 e. The van der Waals surface area contributed by atoms with Crippen molar-refractivity contribution in [2.45, 2.75) is 0 Å². The molecule has 0 fully saturated rings. The maximum Gasteiger partial charge on any atom is 0.114 e. The second kappa shape index (κ2) is 3.68.